The number of aromatic amines is 1. The Morgan fingerprint density at radius 3 is 2.10 bits per heavy atom. The van der Waals surface area contributed by atoms with Crippen molar-refractivity contribution in [3.63, 3.8) is 0 Å². The molecule has 1 unspecified atom stereocenters. The molecule has 1 spiro atoms. The summed E-state index contributed by atoms with van der Waals surface area (Å²) < 4.78 is 35.2. The van der Waals surface area contributed by atoms with Crippen LogP contribution in [0, 0.1) is 11.3 Å². The average Bonchev–Trinajstić information content (AvgIpc) is 1.56. The molecule has 9 amide bonds. The number of carbonyl (C=O) groups excluding carboxylic acids is 9. The molecule has 2 fully saturated rings. The molecule has 6 heterocycles. The minimum atomic E-state index is -1.50. The van der Waals surface area contributed by atoms with Crippen molar-refractivity contribution in [1.29, 1.82) is 0 Å². The van der Waals surface area contributed by atoms with Crippen LogP contribution in [0.5, 0.6) is 28.7 Å². The van der Waals surface area contributed by atoms with Crippen molar-refractivity contribution < 1.29 is 76.7 Å². The number of aliphatic hydroxyl groups excluding tert-OH is 1. The molecule has 29 heteroatoms. The Morgan fingerprint density at radius 1 is 0.698 bits per heavy atom. The summed E-state index contributed by atoms with van der Waals surface area (Å²) in [5.41, 5.74) is 8.26. The maximum absolute atomic E-state index is 14.5. The topological polar surface area (TPSA) is 356 Å². The van der Waals surface area contributed by atoms with Gasteiger partial charge in [0.1, 0.15) is 30.1 Å². The molecule has 7 aromatic rings. The number of carbonyl (C=O) groups is 9. The van der Waals surface area contributed by atoms with Crippen molar-refractivity contribution >= 4 is 81.7 Å². The number of H-pyrrole nitrogens is 1. The zero-order valence-electron chi connectivity index (χ0n) is 59.4. The van der Waals surface area contributed by atoms with Gasteiger partial charge in [0, 0.05) is 67.5 Å². The number of nitrogens with zero attached hydrogens (tertiary/aromatic N) is 6. The number of nitrogens with one attached hydrogen (secondary N) is 7. The summed E-state index contributed by atoms with van der Waals surface area (Å²) in [5, 5.41) is 39.9. The fraction of sp³-hybridized carbons (Fsp3) is 0.364. The van der Waals surface area contributed by atoms with E-state index in [2.05, 4.69) is 47.3 Å². The van der Waals surface area contributed by atoms with Gasteiger partial charge in [0.15, 0.2) is 29.2 Å². The molecular weight excluding hydrogens is 1360 g/mol. The highest BCUT2D eigenvalue weighted by Gasteiger charge is 2.58. The van der Waals surface area contributed by atoms with Gasteiger partial charge < -0.3 is 80.1 Å². The Balaban J connectivity index is 0.570. The van der Waals surface area contributed by atoms with Crippen molar-refractivity contribution in [3.05, 3.63) is 155 Å². The lowest BCUT2D eigenvalue weighted by Crippen LogP contribution is -2.55. The van der Waals surface area contributed by atoms with Gasteiger partial charge in [0.2, 0.25) is 35.4 Å². The van der Waals surface area contributed by atoms with Gasteiger partial charge in [-0.15, -0.1) is 5.10 Å². The number of aliphatic hydroxyl groups is 1. The van der Waals surface area contributed by atoms with Crippen LogP contribution in [0.2, 0.25) is 0 Å². The summed E-state index contributed by atoms with van der Waals surface area (Å²) in [4.78, 5) is 129. The second kappa shape index (κ2) is 31.1. The molecule has 6 aromatic carbocycles. The largest absolute Gasteiger partial charge is 0.497 e. The van der Waals surface area contributed by atoms with Crippen molar-refractivity contribution in [3.8, 4) is 51.3 Å². The molecule has 1 aromatic heterocycles. The Labute approximate surface area is 610 Å². The van der Waals surface area contributed by atoms with Crippen LogP contribution in [0.25, 0.3) is 28.1 Å². The third-order valence-electron chi connectivity index (χ3n) is 20.0. The molecule has 8 N–H and O–H groups in total. The van der Waals surface area contributed by atoms with Gasteiger partial charge in [0.25, 0.3) is 11.8 Å². The lowest BCUT2D eigenvalue weighted by Gasteiger charge is -2.31. The SMILES string of the molecule is COc1ccc(C2=CN3C(=O)c4cc(OC)c(OCCCOc5cc6c(cc5OC)C(=O)N5CC7(CC7)C[C@H]5C(O)N6C(=O)OCc5ccc(NC(=O)[C@H](C)NC(=O)[C@@H](NC(=O)CNC(=O)CNC(=O)CCC(=O)N6Cc7ccccc7-c7nn[nH]c7-c7ccccc76)C(C)C)cc5)cc4NC[C@@H]3C2)cc1. The first-order chi connectivity index (χ1) is 51.2. The Hall–Kier alpha value is -12.0. The molecule has 29 nitrogen and oxygen atoms in total. The summed E-state index contributed by atoms with van der Waals surface area (Å²) in [7, 11) is 4.56. The first kappa shape index (κ1) is 72.3. The van der Waals surface area contributed by atoms with Crippen LogP contribution in [0.3, 0.4) is 0 Å². The normalized spacial score (nSPS) is 17.6. The summed E-state index contributed by atoms with van der Waals surface area (Å²) >= 11 is 0. The molecule has 552 valence electrons. The van der Waals surface area contributed by atoms with E-state index in [1.165, 1.54) is 33.3 Å². The first-order valence-corrected chi connectivity index (χ1v) is 35.2. The van der Waals surface area contributed by atoms with E-state index in [1.807, 2.05) is 79.0 Å². The van der Waals surface area contributed by atoms with E-state index >= 15 is 0 Å². The van der Waals surface area contributed by atoms with Crippen molar-refractivity contribution in [1.82, 2.24) is 46.5 Å². The number of ether oxygens (including phenoxy) is 6. The second-order valence-corrected chi connectivity index (χ2v) is 27.4. The van der Waals surface area contributed by atoms with Crippen LogP contribution in [0.1, 0.15) is 103 Å². The number of para-hydroxylation sites is 1. The zero-order valence-corrected chi connectivity index (χ0v) is 59.4. The molecule has 13 rings (SSSR count). The van der Waals surface area contributed by atoms with Crippen LogP contribution in [-0.2, 0) is 46.7 Å². The number of hydrogen-bond donors (Lipinski definition) is 8. The lowest BCUT2D eigenvalue weighted by atomic mass is 9.95. The third-order valence-corrected chi connectivity index (χ3v) is 20.0. The van der Waals surface area contributed by atoms with E-state index in [-0.39, 0.29) is 91.1 Å². The molecule has 6 aliphatic rings. The molecule has 1 saturated heterocycles. The predicted molar refractivity (Wildman–Crippen MR) is 389 cm³/mol. The van der Waals surface area contributed by atoms with Gasteiger partial charge in [-0.2, -0.15) is 0 Å². The fourth-order valence-corrected chi connectivity index (χ4v) is 14.0. The monoisotopic (exact) mass is 1450 g/mol. The molecule has 106 heavy (non-hydrogen) atoms. The number of anilines is 4. The smallest absolute Gasteiger partial charge is 0.416 e. The second-order valence-electron chi connectivity index (χ2n) is 27.4. The molecule has 5 atom stereocenters. The van der Waals surface area contributed by atoms with Crippen LogP contribution in [-0.4, -0.2) is 175 Å². The Kier molecular flexibility index (Phi) is 21.2. The van der Waals surface area contributed by atoms with Crippen LogP contribution in [0.15, 0.2) is 128 Å². The highest BCUT2D eigenvalue weighted by Crippen LogP contribution is 2.57. The quantitative estimate of drug-likeness (QED) is 0.0260. The summed E-state index contributed by atoms with van der Waals surface area (Å²) in [5.74, 6) is -2.62. The average molecular weight is 1450 g/mol. The number of hydrogen-bond acceptors (Lipinski definition) is 19. The summed E-state index contributed by atoms with van der Waals surface area (Å²) in [6.07, 6.45) is 2.34. The number of benzene rings is 6. The minimum Gasteiger partial charge on any atom is -0.497 e. The van der Waals surface area contributed by atoms with Crippen molar-refractivity contribution in [2.75, 3.05) is 81.2 Å². The van der Waals surface area contributed by atoms with Gasteiger partial charge in [-0.3, -0.25) is 43.5 Å². The number of aromatic nitrogens is 3. The van der Waals surface area contributed by atoms with Gasteiger partial charge >= 0.3 is 6.09 Å². The van der Waals surface area contributed by atoms with Crippen LogP contribution >= 0.6 is 0 Å². The van der Waals surface area contributed by atoms with E-state index in [9.17, 15) is 48.3 Å². The number of methoxy groups -OCH3 is 3. The Bertz CT molecular complexity index is 4600. The summed E-state index contributed by atoms with van der Waals surface area (Å²) in [6.45, 7) is 4.94. The summed E-state index contributed by atoms with van der Waals surface area (Å²) in [6, 6.07) is 32.4. The first-order valence-electron chi connectivity index (χ1n) is 35.2. The molecule has 0 radical (unpaired) electrons. The maximum atomic E-state index is 14.5. The molecule has 0 bridgehead atoms. The van der Waals surface area contributed by atoms with E-state index in [0.717, 1.165) is 45.8 Å². The van der Waals surface area contributed by atoms with Crippen molar-refractivity contribution in [2.24, 2.45) is 11.3 Å². The van der Waals surface area contributed by atoms with E-state index < -0.39 is 79.0 Å². The molecular formula is C77H83N13O16. The number of rotatable bonds is 25. The van der Waals surface area contributed by atoms with Gasteiger partial charge in [-0.25, -0.2) is 9.69 Å². The van der Waals surface area contributed by atoms with Gasteiger partial charge in [0.05, 0.1) is 100 Å². The zero-order chi connectivity index (χ0) is 74.5. The highest BCUT2D eigenvalue weighted by molar-refractivity contribution is 6.07. The minimum absolute atomic E-state index is 0.0553. The highest BCUT2D eigenvalue weighted by atomic mass is 16.6. The number of fused-ring (bicyclic) bond motifs is 9. The third kappa shape index (κ3) is 15.5. The molecule has 5 aliphatic heterocycles. The standard InChI is InChI=1S/C77H83N13O16/c1-43(2)68(83-66(93)38-80-65(92)37-79-64(91)24-25-67(94)88-39-47-12-7-8-13-52(47)69-70(85-86-84-69)53-14-9-10-15-57(53)88)72(96)81-44(3)71(95)82-49-20-16-45(17-21-49)41-106-76(100)90-58-34-63(61(103-6)32-55(58)74(98)89-42-77(26-27-77)35-59(89)75(90)99)105-29-11-28-104-62-33-56-54(31-60(62)102-5)73(97)87-40-48(30-50(87)36-78-56)46-18-22-51(101-4)23-19-46/h7-10,12-23,31-34,40,43-44,50,59,68,75,78,99H,11,24-30,35-39,41-42H2,1-6H3,(H,79,91)(H,80,92)(H,81,96)(H,82,95)(H,83,93)(H,84,85,86)/t44-,50-,59-,68-,75?/m0/s1. The maximum Gasteiger partial charge on any atom is 0.416 e. The van der Waals surface area contributed by atoms with E-state index in [4.69, 9.17) is 28.4 Å². The molecule has 1 aliphatic carbocycles. The fourth-order valence-electron chi connectivity index (χ4n) is 14.0. The van der Waals surface area contributed by atoms with Gasteiger partial charge in [-0.1, -0.05) is 85.8 Å². The van der Waals surface area contributed by atoms with E-state index in [0.29, 0.717) is 89.0 Å². The number of amides is 9. The molecule has 1 saturated carbocycles. The van der Waals surface area contributed by atoms with Crippen LogP contribution in [0.4, 0.5) is 27.5 Å². The lowest BCUT2D eigenvalue weighted by molar-refractivity contribution is -0.132. The Morgan fingerprint density at radius 2 is 1.39 bits per heavy atom. The van der Waals surface area contributed by atoms with Gasteiger partial charge in [-0.05, 0) is 109 Å². The van der Waals surface area contributed by atoms with E-state index in [1.54, 1.807) is 72.1 Å². The van der Waals surface area contributed by atoms with Crippen molar-refractivity contribution in [2.45, 2.75) is 109 Å². The predicted octanol–water partition coefficient (Wildman–Crippen LogP) is 7.31. The van der Waals surface area contributed by atoms with Crippen LogP contribution < -0.4 is 65.4 Å².